The van der Waals surface area contributed by atoms with Gasteiger partial charge in [-0.3, -0.25) is 19.4 Å². The van der Waals surface area contributed by atoms with Crippen LogP contribution in [0.1, 0.15) is 39.5 Å². The van der Waals surface area contributed by atoms with E-state index in [4.69, 9.17) is 0 Å². The molecule has 5 nitrogen and oxygen atoms in total. The van der Waals surface area contributed by atoms with E-state index in [-0.39, 0.29) is 11.8 Å². The van der Waals surface area contributed by atoms with Crippen molar-refractivity contribution >= 4 is 11.8 Å². The molecule has 19 heavy (non-hydrogen) atoms. The van der Waals surface area contributed by atoms with Gasteiger partial charge in [0.1, 0.15) is 0 Å². The average Bonchev–Trinajstić information content (AvgIpc) is 2.97. The number of rotatable bonds is 6. The minimum atomic E-state index is -0.00676. The Kier molecular flexibility index (Phi) is 4.93. The van der Waals surface area contributed by atoms with E-state index in [9.17, 15) is 9.59 Å². The van der Waals surface area contributed by atoms with Crippen LogP contribution < -0.4 is 5.32 Å². The van der Waals surface area contributed by atoms with Crippen LogP contribution >= 0.6 is 0 Å². The summed E-state index contributed by atoms with van der Waals surface area (Å²) in [5.41, 5.74) is 0. The highest BCUT2D eigenvalue weighted by Gasteiger charge is 2.29. The van der Waals surface area contributed by atoms with Crippen LogP contribution in [-0.4, -0.2) is 59.9 Å². The summed E-state index contributed by atoms with van der Waals surface area (Å²) in [6, 6.07) is 1.00. The molecular formula is C14H25N3O2. The van der Waals surface area contributed by atoms with E-state index in [0.29, 0.717) is 31.5 Å². The Bertz CT molecular complexity index is 322. The Hall–Kier alpha value is -0.940. The van der Waals surface area contributed by atoms with Gasteiger partial charge in [-0.2, -0.15) is 0 Å². The lowest BCUT2D eigenvalue weighted by Crippen LogP contribution is -2.45. The fourth-order valence-corrected chi connectivity index (χ4v) is 2.86. The molecule has 2 amide bonds. The maximum absolute atomic E-state index is 11.6. The van der Waals surface area contributed by atoms with Crippen LogP contribution in [0.3, 0.4) is 0 Å². The van der Waals surface area contributed by atoms with Crippen LogP contribution in [0.2, 0.25) is 0 Å². The first-order chi connectivity index (χ1) is 9.08. The minimum absolute atomic E-state index is 0.00676. The van der Waals surface area contributed by atoms with E-state index in [0.717, 1.165) is 19.6 Å². The number of hydrogen-bond donors (Lipinski definition) is 1. The Labute approximate surface area is 115 Å². The van der Waals surface area contributed by atoms with Crippen LogP contribution in [0, 0.1) is 0 Å². The van der Waals surface area contributed by atoms with Gasteiger partial charge < -0.3 is 5.32 Å². The maximum atomic E-state index is 11.6. The Balaban J connectivity index is 1.82. The molecule has 2 heterocycles. The largest absolute Gasteiger partial charge is 0.313 e. The van der Waals surface area contributed by atoms with Gasteiger partial charge in [-0.1, -0.05) is 0 Å². The van der Waals surface area contributed by atoms with Crippen molar-refractivity contribution in [2.45, 2.75) is 51.6 Å². The Morgan fingerprint density at radius 1 is 1.32 bits per heavy atom. The smallest absolute Gasteiger partial charge is 0.229 e. The monoisotopic (exact) mass is 267 g/mol. The van der Waals surface area contributed by atoms with Crippen LogP contribution in [0.5, 0.6) is 0 Å². The van der Waals surface area contributed by atoms with E-state index in [1.54, 1.807) is 0 Å². The zero-order valence-electron chi connectivity index (χ0n) is 12.0. The molecule has 108 valence electrons. The lowest BCUT2D eigenvalue weighted by atomic mass is 10.2. The van der Waals surface area contributed by atoms with Crippen molar-refractivity contribution in [1.29, 1.82) is 0 Å². The lowest BCUT2D eigenvalue weighted by molar-refractivity contribution is -0.138. The van der Waals surface area contributed by atoms with Crippen LogP contribution in [0.15, 0.2) is 0 Å². The number of nitrogens with one attached hydrogen (secondary N) is 1. The fourth-order valence-electron chi connectivity index (χ4n) is 2.86. The molecule has 0 aromatic rings. The van der Waals surface area contributed by atoms with Crippen molar-refractivity contribution in [2.24, 2.45) is 0 Å². The second-order valence-corrected chi connectivity index (χ2v) is 5.82. The van der Waals surface area contributed by atoms with Crippen molar-refractivity contribution in [2.75, 3.05) is 26.2 Å². The van der Waals surface area contributed by atoms with E-state index < -0.39 is 0 Å². The van der Waals surface area contributed by atoms with Gasteiger partial charge in [0.15, 0.2) is 0 Å². The number of imide groups is 1. The zero-order valence-corrected chi connectivity index (χ0v) is 12.0. The molecule has 0 aliphatic carbocycles. The summed E-state index contributed by atoms with van der Waals surface area (Å²) in [6.45, 7) is 7.79. The standard InChI is InChI=1S/C14H25N3O2/c1-11(2)16(10-12-4-3-7-15-12)8-9-17-13(18)5-6-14(17)19/h11-12,15H,3-10H2,1-2H3. The highest BCUT2D eigenvalue weighted by Crippen LogP contribution is 2.13. The van der Waals surface area contributed by atoms with Crippen molar-refractivity contribution in [3.63, 3.8) is 0 Å². The number of carbonyl (C=O) groups excluding carboxylic acids is 2. The molecule has 0 bridgehead atoms. The zero-order chi connectivity index (χ0) is 13.8. The van der Waals surface area contributed by atoms with E-state index >= 15 is 0 Å². The highest BCUT2D eigenvalue weighted by atomic mass is 16.2. The first-order valence-electron chi connectivity index (χ1n) is 7.38. The summed E-state index contributed by atoms with van der Waals surface area (Å²) < 4.78 is 0. The third kappa shape index (κ3) is 3.76. The quantitative estimate of drug-likeness (QED) is 0.716. The van der Waals surface area contributed by atoms with E-state index in [2.05, 4.69) is 24.1 Å². The fraction of sp³-hybridized carbons (Fsp3) is 0.857. The van der Waals surface area contributed by atoms with Gasteiger partial charge in [0.25, 0.3) is 0 Å². The molecule has 0 spiro atoms. The molecule has 0 aromatic carbocycles. The molecule has 2 aliphatic heterocycles. The number of amides is 2. The number of likely N-dealkylation sites (tertiary alicyclic amines) is 1. The van der Waals surface area contributed by atoms with Crippen molar-refractivity contribution < 1.29 is 9.59 Å². The summed E-state index contributed by atoms with van der Waals surface area (Å²) in [7, 11) is 0. The van der Waals surface area contributed by atoms with Crippen molar-refractivity contribution in [3.8, 4) is 0 Å². The third-order valence-electron chi connectivity index (χ3n) is 4.11. The second-order valence-electron chi connectivity index (χ2n) is 5.82. The summed E-state index contributed by atoms with van der Waals surface area (Å²) in [5.74, 6) is -0.0135. The first kappa shape index (κ1) is 14.5. The van der Waals surface area contributed by atoms with E-state index in [1.807, 2.05) is 0 Å². The summed E-state index contributed by atoms with van der Waals surface area (Å²) in [6.07, 6.45) is 3.26. The predicted octanol–water partition coefficient (Wildman–Crippen LogP) is 0.598. The summed E-state index contributed by atoms with van der Waals surface area (Å²) >= 11 is 0. The van der Waals surface area contributed by atoms with Gasteiger partial charge in [-0.25, -0.2) is 0 Å². The number of nitrogens with zero attached hydrogens (tertiary/aromatic N) is 2. The van der Waals surface area contributed by atoms with E-state index in [1.165, 1.54) is 17.7 Å². The van der Waals surface area contributed by atoms with Gasteiger partial charge in [0.2, 0.25) is 11.8 Å². The topological polar surface area (TPSA) is 52.7 Å². The van der Waals surface area contributed by atoms with Gasteiger partial charge in [0, 0.05) is 44.6 Å². The molecule has 1 atom stereocenters. The van der Waals surface area contributed by atoms with Gasteiger partial charge >= 0.3 is 0 Å². The first-order valence-corrected chi connectivity index (χ1v) is 7.38. The molecule has 0 saturated carbocycles. The molecule has 2 saturated heterocycles. The van der Waals surface area contributed by atoms with Gasteiger partial charge in [-0.15, -0.1) is 0 Å². The molecular weight excluding hydrogens is 242 g/mol. The van der Waals surface area contributed by atoms with Crippen LogP contribution in [-0.2, 0) is 9.59 Å². The molecule has 2 rings (SSSR count). The minimum Gasteiger partial charge on any atom is -0.313 e. The van der Waals surface area contributed by atoms with Gasteiger partial charge in [0.05, 0.1) is 0 Å². The molecule has 2 aliphatic rings. The number of hydrogen-bond acceptors (Lipinski definition) is 4. The normalized spacial score (nSPS) is 24.2. The summed E-state index contributed by atoms with van der Waals surface area (Å²) in [5, 5.41) is 3.50. The maximum Gasteiger partial charge on any atom is 0.229 e. The second kappa shape index (κ2) is 6.48. The molecule has 2 fully saturated rings. The van der Waals surface area contributed by atoms with Crippen LogP contribution in [0.4, 0.5) is 0 Å². The van der Waals surface area contributed by atoms with Gasteiger partial charge in [-0.05, 0) is 33.2 Å². The lowest BCUT2D eigenvalue weighted by Gasteiger charge is -2.30. The number of carbonyl (C=O) groups is 2. The SMILES string of the molecule is CC(C)N(CCN1C(=O)CCC1=O)CC1CCCN1. The third-order valence-corrected chi connectivity index (χ3v) is 4.11. The molecule has 0 radical (unpaired) electrons. The molecule has 1 unspecified atom stereocenters. The Morgan fingerprint density at radius 2 is 2.00 bits per heavy atom. The van der Waals surface area contributed by atoms with Crippen molar-refractivity contribution in [3.05, 3.63) is 0 Å². The molecule has 0 aromatic heterocycles. The Morgan fingerprint density at radius 3 is 2.53 bits per heavy atom. The highest BCUT2D eigenvalue weighted by molar-refractivity contribution is 6.01. The predicted molar refractivity (Wildman–Crippen MR) is 73.7 cm³/mol. The summed E-state index contributed by atoms with van der Waals surface area (Å²) in [4.78, 5) is 27.0. The van der Waals surface area contributed by atoms with Crippen LogP contribution in [0.25, 0.3) is 0 Å². The average molecular weight is 267 g/mol. The molecule has 5 heteroatoms. The van der Waals surface area contributed by atoms with Crippen molar-refractivity contribution in [1.82, 2.24) is 15.1 Å². The molecule has 1 N–H and O–H groups in total.